The summed E-state index contributed by atoms with van der Waals surface area (Å²) in [6.45, 7) is 1.53. The Kier molecular flexibility index (Phi) is 4.95. The number of halogens is 2. The van der Waals surface area contributed by atoms with Crippen LogP contribution in [0.4, 0.5) is 9.18 Å². The third-order valence-corrected chi connectivity index (χ3v) is 4.10. The second kappa shape index (κ2) is 6.33. The molecule has 0 bridgehead atoms. The van der Waals surface area contributed by atoms with Gasteiger partial charge in [-0.2, -0.15) is 0 Å². The number of carbonyl (C=O) groups excluding carboxylic acids is 2. The molecular weight excluding hydrogens is 339 g/mol. The minimum absolute atomic E-state index is 0.0733. The van der Waals surface area contributed by atoms with Crippen molar-refractivity contribution in [1.29, 1.82) is 0 Å². The molecule has 2 aliphatic heterocycles. The van der Waals surface area contributed by atoms with E-state index in [2.05, 4.69) is 21.2 Å². The first kappa shape index (κ1) is 15.6. The van der Waals surface area contributed by atoms with E-state index in [9.17, 15) is 14.0 Å². The first-order valence-electron chi connectivity index (χ1n) is 6.28. The maximum atomic E-state index is 13.6. The smallest absolute Gasteiger partial charge is 0.328 e. The average molecular weight is 355 g/mol. The van der Waals surface area contributed by atoms with Gasteiger partial charge in [0.1, 0.15) is 23.3 Å². The predicted octanol–water partition coefficient (Wildman–Crippen LogP) is 0.110. The number of hydrogen-bond acceptors (Lipinski definition) is 5. The monoisotopic (exact) mass is 354 g/mol. The molecule has 2 aliphatic rings. The van der Waals surface area contributed by atoms with Gasteiger partial charge < -0.3 is 14.6 Å². The Morgan fingerprint density at radius 3 is 2.85 bits per heavy atom. The van der Waals surface area contributed by atoms with E-state index in [1.54, 1.807) is 6.92 Å². The first-order valence-corrected chi connectivity index (χ1v) is 7.20. The quantitative estimate of drug-likeness (QED) is 0.699. The molecule has 0 spiro atoms. The lowest BCUT2D eigenvalue weighted by atomic mass is 10.2. The molecule has 0 aromatic carbocycles. The van der Waals surface area contributed by atoms with E-state index in [-0.39, 0.29) is 13.0 Å². The van der Waals surface area contributed by atoms with Crippen molar-refractivity contribution in [2.75, 3.05) is 13.2 Å². The van der Waals surface area contributed by atoms with Crippen LogP contribution < -0.4 is 5.32 Å². The zero-order valence-corrected chi connectivity index (χ0v) is 12.4. The molecule has 2 N–H and O–H groups in total. The number of amides is 3. The zero-order chi connectivity index (χ0) is 14.9. The fraction of sp³-hybridized carbons (Fsp3) is 0.818. The van der Waals surface area contributed by atoms with Crippen molar-refractivity contribution >= 4 is 27.9 Å². The van der Waals surface area contributed by atoms with Crippen molar-refractivity contribution in [3.8, 4) is 0 Å². The number of hydrogen-bond donors (Lipinski definition) is 2. The van der Waals surface area contributed by atoms with Gasteiger partial charge in [-0.1, -0.05) is 15.9 Å². The maximum absolute atomic E-state index is 13.6. The van der Waals surface area contributed by atoms with Gasteiger partial charge in [0.05, 0.1) is 6.61 Å². The molecule has 0 aliphatic carbocycles. The van der Waals surface area contributed by atoms with E-state index >= 15 is 0 Å². The molecule has 3 amide bonds. The van der Waals surface area contributed by atoms with E-state index in [0.717, 1.165) is 4.90 Å². The molecule has 114 valence electrons. The summed E-state index contributed by atoms with van der Waals surface area (Å²) in [6, 6.07) is -0.695. The second-order valence-electron chi connectivity index (χ2n) is 4.51. The van der Waals surface area contributed by atoms with Gasteiger partial charge in [-0.25, -0.2) is 9.18 Å². The number of aliphatic hydroxyl groups excluding tert-OH is 1. The van der Waals surface area contributed by atoms with E-state index < -0.39 is 48.1 Å². The molecule has 9 heteroatoms. The van der Waals surface area contributed by atoms with Crippen LogP contribution in [0.2, 0.25) is 0 Å². The highest BCUT2D eigenvalue weighted by Crippen LogP contribution is 2.30. The summed E-state index contributed by atoms with van der Waals surface area (Å²) in [6.07, 6.45) is -4.17. The second-order valence-corrected chi connectivity index (χ2v) is 5.50. The number of aliphatic hydroxyl groups is 1. The lowest BCUT2D eigenvalue weighted by Gasteiger charge is -2.40. The van der Waals surface area contributed by atoms with Crippen LogP contribution in [-0.2, 0) is 14.3 Å². The highest BCUT2D eigenvalue weighted by Gasteiger charge is 2.48. The summed E-state index contributed by atoms with van der Waals surface area (Å²) in [5.74, 6) is -0.516. The first-order chi connectivity index (χ1) is 9.49. The van der Waals surface area contributed by atoms with Crippen LogP contribution in [-0.4, -0.2) is 64.7 Å². The number of urea groups is 1. The molecule has 0 aromatic rings. The number of imide groups is 1. The van der Waals surface area contributed by atoms with Crippen LogP contribution in [0.3, 0.4) is 0 Å². The van der Waals surface area contributed by atoms with Crippen molar-refractivity contribution in [2.24, 2.45) is 0 Å². The summed E-state index contributed by atoms with van der Waals surface area (Å²) in [7, 11) is 0. The van der Waals surface area contributed by atoms with Crippen molar-refractivity contribution in [3.05, 3.63) is 0 Å². The Bertz CT molecular complexity index is 399. The minimum Gasteiger partial charge on any atom is -0.394 e. The lowest BCUT2D eigenvalue weighted by Crippen LogP contribution is -2.64. The molecule has 2 fully saturated rings. The van der Waals surface area contributed by atoms with Crippen molar-refractivity contribution in [1.82, 2.24) is 10.2 Å². The lowest BCUT2D eigenvalue weighted by molar-refractivity contribution is -0.148. The number of alkyl halides is 2. The van der Waals surface area contributed by atoms with Crippen molar-refractivity contribution in [2.45, 2.75) is 42.9 Å². The molecule has 2 saturated heterocycles. The summed E-state index contributed by atoms with van der Waals surface area (Å²) >= 11 is 3.15. The van der Waals surface area contributed by atoms with Crippen LogP contribution in [0, 0.1) is 0 Å². The van der Waals surface area contributed by atoms with Crippen LogP contribution in [0.1, 0.15) is 13.3 Å². The van der Waals surface area contributed by atoms with Crippen LogP contribution in [0.15, 0.2) is 0 Å². The van der Waals surface area contributed by atoms with E-state index in [4.69, 9.17) is 14.6 Å². The van der Waals surface area contributed by atoms with Gasteiger partial charge in [0.15, 0.2) is 6.23 Å². The fourth-order valence-electron chi connectivity index (χ4n) is 2.28. The van der Waals surface area contributed by atoms with E-state index in [1.165, 1.54) is 0 Å². The highest BCUT2D eigenvalue weighted by molar-refractivity contribution is 9.10. The van der Waals surface area contributed by atoms with Gasteiger partial charge in [0.25, 0.3) is 0 Å². The topological polar surface area (TPSA) is 88.1 Å². The molecule has 1 unspecified atom stereocenters. The molecule has 20 heavy (non-hydrogen) atoms. The van der Waals surface area contributed by atoms with Crippen LogP contribution in [0.5, 0.6) is 0 Å². The third-order valence-electron chi connectivity index (χ3n) is 3.23. The average Bonchev–Trinajstić information content (AvgIpc) is 2.76. The molecule has 2 heterocycles. The standard InChI is InChI=1S/C11H16BrFN2O5/c1-2-19-10-8(12)9(17)14-11(18)15(10)7-3-5(13)6(4-16)20-7/h5-8,10,16H,2-4H2,1H3,(H,14,17,18)/t5-,6+,7+,8?,10-/m0/s1. The van der Waals surface area contributed by atoms with Crippen molar-refractivity contribution < 1.29 is 28.6 Å². The largest absolute Gasteiger partial charge is 0.394 e. The molecule has 0 aromatic heterocycles. The summed E-state index contributed by atoms with van der Waals surface area (Å²) in [4.78, 5) is 23.9. The zero-order valence-electron chi connectivity index (χ0n) is 10.8. The molecule has 7 nitrogen and oxygen atoms in total. The fourth-order valence-corrected chi connectivity index (χ4v) is 2.80. The molecule has 5 atom stereocenters. The summed E-state index contributed by atoms with van der Waals surface area (Å²) in [5, 5.41) is 11.2. The van der Waals surface area contributed by atoms with Gasteiger partial charge >= 0.3 is 6.03 Å². The van der Waals surface area contributed by atoms with Crippen LogP contribution >= 0.6 is 15.9 Å². The predicted molar refractivity (Wildman–Crippen MR) is 68.8 cm³/mol. The van der Waals surface area contributed by atoms with Gasteiger partial charge in [-0.05, 0) is 6.92 Å². The van der Waals surface area contributed by atoms with Gasteiger partial charge in [-0.3, -0.25) is 15.0 Å². The Hall–Kier alpha value is -0.770. The third kappa shape index (κ3) is 2.80. The van der Waals surface area contributed by atoms with Gasteiger partial charge in [0.2, 0.25) is 5.91 Å². The maximum Gasteiger partial charge on any atom is 0.328 e. The van der Waals surface area contributed by atoms with Crippen LogP contribution in [0.25, 0.3) is 0 Å². The molecule has 0 saturated carbocycles. The van der Waals surface area contributed by atoms with Gasteiger partial charge in [-0.15, -0.1) is 0 Å². The molecule has 0 radical (unpaired) electrons. The number of carbonyl (C=O) groups is 2. The SMILES string of the molecule is CCO[C@H]1C(Br)C(=O)NC(=O)N1[C@H]1C[C@H](F)[C@@H](CO)O1. The molecular formula is C11H16BrFN2O5. The Balaban J connectivity index is 2.18. The van der Waals surface area contributed by atoms with Crippen molar-refractivity contribution in [3.63, 3.8) is 0 Å². The van der Waals surface area contributed by atoms with E-state index in [0.29, 0.717) is 0 Å². The number of nitrogens with zero attached hydrogens (tertiary/aromatic N) is 1. The minimum atomic E-state index is -1.37. The van der Waals surface area contributed by atoms with Gasteiger partial charge in [0, 0.05) is 13.0 Å². The Labute approximate surface area is 123 Å². The van der Waals surface area contributed by atoms with E-state index in [1.807, 2.05) is 0 Å². The normalized spacial score (nSPS) is 38.2. The number of nitrogens with one attached hydrogen (secondary N) is 1. The summed E-state index contributed by atoms with van der Waals surface area (Å²) < 4.78 is 24.4. The number of ether oxygens (including phenoxy) is 2. The Morgan fingerprint density at radius 1 is 1.60 bits per heavy atom. The summed E-state index contributed by atoms with van der Waals surface area (Å²) in [5.41, 5.74) is 0. The number of rotatable bonds is 4. The molecule has 2 rings (SSSR count). The Morgan fingerprint density at radius 2 is 2.30 bits per heavy atom. The highest BCUT2D eigenvalue weighted by atomic mass is 79.9.